The maximum Gasteiger partial charge on any atom is 0.212 e. The molecule has 1 atom stereocenters. The Balaban J connectivity index is 1.70. The van der Waals surface area contributed by atoms with Crippen molar-refractivity contribution in [3.05, 3.63) is 94.9 Å². The van der Waals surface area contributed by atoms with Crippen LogP contribution < -0.4 is 4.57 Å². The number of pyridine rings is 2. The Morgan fingerprint density at radius 1 is 0.871 bits per heavy atom. The minimum atomic E-state index is -2.31. The third-order valence-corrected chi connectivity index (χ3v) is 6.32. The largest absolute Gasteiger partial charge is 0.257 e. The molecular weight excluding hydrogens is 376 g/mol. The van der Waals surface area contributed by atoms with E-state index in [2.05, 4.69) is 0 Å². The molecule has 0 saturated carbocycles. The molecule has 2 nitrogen and oxygen atoms in total. The van der Waals surface area contributed by atoms with Gasteiger partial charge in [-0.15, -0.1) is 0 Å². The number of rotatable bonds is 2. The van der Waals surface area contributed by atoms with Gasteiger partial charge in [-0.1, -0.05) is 61.8 Å². The monoisotopic (exact) mass is 411 g/mol. The highest BCUT2D eigenvalue weighted by atomic mass is 14.9. The smallest absolute Gasteiger partial charge is 0.212 e. The SMILES string of the molecule is [2H]C([2H])([2H])c1ccc(-c2ccc(-c3c(C)ccc4c3C(C)(C([2H])([2H])[2H])c3nc(C)ccc3-4)[n+](C)c2)cc1. The molecule has 154 valence electrons. The normalized spacial score (nSPS) is 20.5. The first-order chi connectivity index (χ1) is 17.2. The van der Waals surface area contributed by atoms with E-state index in [0.29, 0.717) is 11.3 Å². The zero-order valence-corrected chi connectivity index (χ0v) is 18.2. The quantitative estimate of drug-likeness (QED) is 0.345. The zero-order chi connectivity index (χ0) is 26.9. The molecule has 0 aliphatic heterocycles. The van der Waals surface area contributed by atoms with Gasteiger partial charge in [-0.25, -0.2) is 4.57 Å². The summed E-state index contributed by atoms with van der Waals surface area (Å²) in [5, 5.41) is 0. The molecule has 0 spiro atoms. The van der Waals surface area contributed by atoms with Crippen molar-refractivity contribution in [2.75, 3.05) is 0 Å². The van der Waals surface area contributed by atoms with Crippen molar-refractivity contribution in [3.63, 3.8) is 0 Å². The van der Waals surface area contributed by atoms with Gasteiger partial charge in [-0.2, -0.15) is 0 Å². The molecule has 31 heavy (non-hydrogen) atoms. The van der Waals surface area contributed by atoms with Crippen LogP contribution in [-0.2, 0) is 12.5 Å². The molecule has 0 bridgehead atoms. The van der Waals surface area contributed by atoms with E-state index in [0.717, 1.165) is 50.3 Å². The van der Waals surface area contributed by atoms with Crippen LogP contribution in [0.4, 0.5) is 0 Å². The Labute approximate surface area is 193 Å². The van der Waals surface area contributed by atoms with E-state index in [1.165, 1.54) is 0 Å². The van der Waals surface area contributed by atoms with Crippen LogP contribution in [-0.4, -0.2) is 4.98 Å². The first-order valence-corrected chi connectivity index (χ1v) is 10.5. The maximum absolute atomic E-state index is 8.60. The molecule has 4 aromatic rings. The minimum Gasteiger partial charge on any atom is -0.257 e. The van der Waals surface area contributed by atoms with Crippen LogP contribution in [0.2, 0.25) is 0 Å². The fourth-order valence-electron chi connectivity index (χ4n) is 4.75. The molecule has 2 heteroatoms. The lowest BCUT2D eigenvalue weighted by Crippen LogP contribution is -2.32. The predicted molar refractivity (Wildman–Crippen MR) is 128 cm³/mol. The maximum atomic E-state index is 8.60. The second kappa shape index (κ2) is 6.88. The molecule has 2 heterocycles. The molecule has 2 aromatic heterocycles. The first-order valence-electron chi connectivity index (χ1n) is 13.5. The van der Waals surface area contributed by atoms with Gasteiger partial charge in [0.15, 0.2) is 6.20 Å². The molecule has 1 aliphatic carbocycles. The summed E-state index contributed by atoms with van der Waals surface area (Å²) in [6, 6.07) is 18.9. The molecule has 5 rings (SSSR count). The van der Waals surface area contributed by atoms with E-state index in [-0.39, 0.29) is 0 Å². The van der Waals surface area contributed by atoms with Gasteiger partial charge in [-0.3, -0.25) is 4.98 Å². The molecule has 1 aliphatic rings. The number of benzene rings is 2. The molecule has 0 radical (unpaired) electrons. The summed E-state index contributed by atoms with van der Waals surface area (Å²) in [5.41, 5.74) is 7.63. The van der Waals surface area contributed by atoms with Gasteiger partial charge in [0.2, 0.25) is 5.69 Å². The van der Waals surface area contributed by atoms with Crippen LogP contribution in [0.5, 0.6) is 0 Å². The minimum absolute atomic E-state index is 0.306. The number of fused-ring (bicyclic) bond motifs is 3. The van der Waals surface area contributed by atoms with Gasteiger partial charge < -0.3 is 0 Å². The highest BCUT2D eigenvalue weighted by molar-refractivity contribution is 5.87. The summed E-state index contributed by atoms with van der Waals surface area (Å²) in [6.07, 6.45) is 2.00. The van der Waals surface area contributed by atoms with Crippen LogP contribution in [0.15, 0.2) is 66.9 Å². The van der Waals surface area contributed by atoms with Crippen molar-refractivity contribution in [3.8, 4) is 33.5 Å². The summed E-state index contributed by atoms with van der Waals surface area (Å²) in [5.74, 6) is 0. The molecule has 0 amide bonds. The van der Waals surface area contributed by atoms with E-state index in [1.54, 1.807) is 19.1 Å². The van der Waals surface area contributed by atoms with Crippen molar-refractivity contribution in [1.29, 1.82) is 0 Å². The number of aromatic nitrogens is 2. The predicted octanol–water partition coefficient (Wildman–Crippen LogP) is 6.47. The molecule has 2 aromatic carbocycles. The van der Waals surface area contributed by atoms with Crippen molar-refractivity contribution >= 4 is 0 Å². The lowest BCUT2D eigenvalue weighted by molar-refractivity contribution is -0.659. The highest BCUT2D eigenvalue weighted by Crippen LogP contribution is 2.51. The molecule has 0 N–H and O–H groups in total. The van der Waals surface area contributed by atoms with Crippen LogP contribution in [0.25, 0.3) is 33.5 Å². The van der Waals surface area contributed by atoms with Crippen molar-refractivity contribution in [1.82, 2.24) is 4.98 Å². The fraction of sp³-hybridized carbons (Fsp3) is 0.241. The first kappa shape index (κ1) is 13.9. The van der Waals surface area contributed by atoms with E-state index in [4.69, 9.17) is 13.2 Å². The average Bonchev–Trinajstić information content (AvgIpc) is 3.08. The summed E-state index contributed by atoms with van der Waals surface area (Å²) >= 11 is 0. The van der Waals surface area contributed by atoms with E-state index < -0.39 is 19.1 Å². The molecule has 0 saturated heterocycles. The lowest BCUT2D eigenvalue weighted by Gasteiger charge is -2.24. The summed E-state index contributed by atoms with van der Waals surface area (Å²) in [4.78, 5) is 4.75. The molecule has 0 fully saturated rings. The number of aryl methyl sites for hydroxylation is 4. The summed E-state index contributed by atoms with van der Waals surface area (Å²) < 4.78 is 50.6. The Morgan fingerprint density at radius 2 is 1.61 bits per heavy atom. The van der Waals surface area contributed by atoms with Crippen LogP contribution in [0.1, 0.15) is 50.1 Å². The van der Waals surface area contributed by atoms with Crippen LogP contribution in [0, 0.1) is 20.7 Å². The van der Waals surface area contributed by atoms with Gasteiger partial charge in [-0.05, 0) is 55.1 Å². The fourth-order valence-corrected chi connectivity index (χ4v) is 4.75. The topological polar surface area (TPSA) is 16.8 Å². The Hall–Kier alpha value is -3.26. The summed E-state index contributed by atoms with van der Waals surface area (Å²) in [7, 11) is 1.95. The van der Waals surface area contributed by atoms with Crippen LogP contribution in [0.3, 0.4) is 0 Å². The van der Waals surface area contributed by atoms with Gasteiger partial charge >= 0.3 is 0 Å². The van der Waals surface area contributed by atoms with Gasteiger partial charge in [0.05, 0.1) is 11.3 Å². The van der Waals surface area contributed by atoms with Gasteiger partial charge in [0, 0.05) is 36.5 Å². The summed E-state index contributed by atoms with van der Waals surface area (Å²) in [6.45, 7) is 1.25. The van der Waals surface area contributed by atoms with Crippen molar-refractivity contribution < 1.29 is 12.8 Å². The molecular formula is C29H29N2+. The highest BCUT2D eigenvalue weighted by Gasteiger charge is 2.41. The zero-order valence-electron chi connectivity index (χ0n) is 24.2. The lowest BCUT2D eigenvalue weighted by atomic mass is 9.80. The number of hydrogen-bond donors (Lipinski definition) is 0. The number of nitrogens with zero attached hydrogens (tertiary/aromatic N) is 2. The van der Waals surface area contributed by atoms with E-state index >= 15 is 0 Å². The third-order valence-electron chi connectivity index (χ3n) is 6.32. The second-order valence-electron chi connectivity index (χ2n) is 8.65. The third kappa shape index (κ3) is 3.01. The molecule has 1 unspecified atom stereocenters. The van der Waals surface area contributed by atoms with Crippen molar-refractivity contribution in [2.45, 2.75) is 39.9 Å². The second-order valence-corrected chi connectivity index (χ2v) is 8.65. The van der Waals surface area contributed by atoms with E-state index in [1.807, 2.05) is 80.2 Å². The van der Waals surface area contributed by atoms with Gasteiger partial charge in [0.25, 0.3) is 0 Å². The Morgan fingerprint density at radius 3 is 2.32 bits per heavy atom. The van der Waals surface area contributed by atoms with Gasteiger partial charge in [0.1, 0.15) is 7.05 Å². The average molecular weight is 412 g/mol. The van der Waals surface area contributed by atoms with Crippen molar-refractivity contribution in [2.24, 2.45) is 7.05 Å². The standard InChI is InChI=1S/C29H29N2/c1-18-7-11-21(12-8-18)22-13-16-25(31(6)17-22)26-19(2)9-14-23-24-15-10-20(3)30-28(24)29(4,5)27(23)26/h7-17H,1-6H3/q+1/i1D3,4D3. The van der Waals surface area contributed by atoms with E-state index in [9.17, 15) is 0 Å². The van der Waals surface area contributed by atoms with Crippen LogP contribution >= 0.6 is 0 Å². The Bertz CT molecular complexity index is 1530. The Kier molecular flexibility index (Phi) is 3.09. The number of hydrogen-bond acceptors (Lipinski definition) is 1.